The van der Waals surface area contributed by atoms with Crippen LogP contribution in [-0.2, 0) is 4.79 Å². The van der Waals surface area contributed by atoms with E-state index in [2.05, 4.69) is 23.2 Å². The lowest BCUT2D eigenvalue weighted by Gasteiger charge is -2.30. The lowest BCUT2D eigenvalue weighted by Crippen LogP contribution is -2.44. The van der Waals surface area contributed by atoms with Crippen LogP contribution in [0.15, 0.2) is 29.8 Å². The molecule has 108 valence electrons. The predicted octanol–water partition coefficient (Wildman–Crippen LogP) is 2.56. The fraction of sp³-hybridized carbons (Fsp3) is 0.438. The molecule has 20 heavy (non-hydrogen) atoms. The molecular weight excluding hydrogens is 250 g/mol. The number of carbonyl (C=O) groups is 1. The number of rotatable bonds is 3. The van der Waals surface area contributed by atoms with Crippen LogP contribution in [0.4, 0.5) is 11.4 Å². The van der Waals surface area contributed by atoms with Gasteiger partial charge in [-0.05, 0) is 44.9 Å². The largest absolute Gasteiger partial charge is 0.399 e. The fourth-order valence-electron chi connectivity index (χ4n) is 2.32. The molecule has 0 radical (unpaired) electrons. The number of amides is 1. The molecule has 1 aromatic carbocycles. The van der Waals surface area contributed by atoms with Crippen molar-refractivity contribution in [1.29, 1.82) is 0 Å². The Morgan fingerprint density at radius 3 is 2.80 bits per heavy atom. The fourth-order valence-corrected chi connectivity index (χ4v) is 2.32. The monoisotopic (exact) mass is 273 g/mol. The number of hydrogen-bond donors (Lipinski definition) is 2. The predicted molar refractivity (Wildman–Crippen MR) is 83.6 cm³/mol. The summed E-state index contributed by atoms with van der Waals surface area (Å²) in [6.07, 6.45) is 3.23. The number of nitrogen functional groups attached to an aromatic ring is 1. The number of aryl methyl sites for hydroxylation is 1. The molecule has 1 unspecified atom stereocenters. The van der Waals surface area contributed by atoms with Crippen molar-refractivity contribution in [2.45, 2.75) is 33.2 Å². The summed E-state index contributed by atoms with van der Waals surface area (Å²) in [5.74, 6) is 0.0200. The van der Waals surface area contributed by atoms with E-state index in [-0.39, 0.29) is 11.9 Å². The Labute approximate surface area is 120 Å². The molecule has 1 aliphatic heterocycles. The van der Waals surface area contributed by atoms with Crippen molar-refractivity contribution in [3.8, 4) is 0 Å². The number of anilines is 2. The summed E-state index contributed by atoms with van der Waals surface area (Å²) in [5, 5.41) is 2.98. The third kappa shape index (κ3) is 3.39. The van der Waals surface area contributed by atoms with Crippen molar-refractivity contribution >= 4 is 17.3 Å². The normalized spacial score (nSPS) is 17.4. The van der Waals surface area contributed by atoms with E-state index in [0.717, 1.165) is 30.8 Å². The number of benzene rings is 1. The molecule has 1 atom stereocenters. The molecule has 0 spiro atoms. The minimum Gasteiger partial charge on any atom is -0.399 e. The molecular formula is C16H23N3O. The first-order valence-corrected chi connectivity index (χ1v) is 7.04. The average molecular weight is 273 g/mol. The molecule has 1 aliphatic rings. The van der Waals surface area contributed by atoms with Crippen LogP contribution in [0.2, 0.25) is 0 Å². The van der Waals surface area contributed by atoms with Crippen molar-refractivity contribution < 1.29 is 4.79 Å². The van der Waals surface area contributed by atoms with Crippen LogP contribution in [0, 0.1) is 6.92 Å². The molecule has 0 saturated heterocycles. The first-order valence-electron chi connectivity index (χ1n) is 7.04. The summed E-state index contributed by atoms with van der Waals surface area (Å²) >= 11 is 0. The highest BCUT2D eigenvalue weighted by atomic mass is 16.2. The zero-order valence-electron chi connectivity index (χ0n) is 12.4. The molecule has 0 aliphatic carbocycles. The van der Waals surface area contributed by atoms with Crippen LogP contribution in [0.1, 0.15) is 25.8 Å². The average Bonchev–Trinajstić information content (AvgIpc) is 2.43. The molecule has 4 heteroatoms. The van der Waals surface area contributed by atoms with Crippen LogP contribution in [0.25, 0.3) is 0 Å². The summed E-state index contributed by atoms with van der Waals surface area (Å²) in [6, 6.07) is 5.43. The highest BCUT2D eigenvalue weighted by Crippen LogP contribution is 2.19. The third-order valence-corrected chi connectivity index (χ3v) is 3.91. The molecule has 3 N–H and O–H groups in total. The van der Waals surface area contributed by atoms with Gasteiger partial charge in [0, 0.05) is 24.5 Å². The maximum atomic E-state index is 12.3. The summed E-state index contributed by atoms with van der Waals surface area (Å²) < 4.78 is 0. The number of nitrogens with zero attached hydrogens (tertiary/aromatic N) is 1. The van der Waals surface area contributed by atoms with Crippen molar-refractivity contribution in [2.24, 2.45) is 0 Å². The zero-order chi connectivity index (χ0) is 14.7. The molecule has 0 aromatic heterocycles. The third-order valence-electron chi connectivity index (χ3n) is 3.91. The van der Waals surface area contributed by atoms with E-state index in [1.54, 1.807) is 6.07 Å². The standard InChI is InChI=1S/C16H23N3O/c1-11-6-8-19(9-7-11)13(3)16(20)18-15-10-14(17)5-4-12(15)2/h4-6,10,13H,7-9,17H2,1-3H3,(H,18,20). The second-order valence-electron chi connectivity index (χ2n) is 5.53. The molecule has 1 heterocycles. The van der Waals surface area contributed by atoms with Crippen molar-refractivity contribution in [1.82, 2.24) is 4.90 Å². The first-order chi connectivity index (χ1) is 9.47. The molecule has 2 rings (SSSR count). The lowest BCUT2D eigenvalue weighted by atomic mass is 10.1. The van der Waals surface area contributed by atoms with E-state index in [1.807, 2.05) is 26.0 Å². The molecule has 0 fully saturated rings. The van der Waals surface area contributed by atoms with Gasteiger partial charge in [-0.1, -0.05) is 17.7 Å². The van der Waals surface area contributed by atoms with Gasteiger partial charge < -0.3 is 11.1 Å². The van der Waals surface area contributed by atoms with Gasteiger partial charge in [0.05, 0.1) is 6.04 Å². The van der Waals surface area contributed by atoms with Gasteiger partial charge in [0.15, 0.2) is 0 Å². The highest BCUT2D eigenvalue weighted by Gasteiger charge is 2.22. The number of nitrogens with two attached hydrogens (primary N) is 1. The van der Waals surface area contributed by atoms with Crippen LogP contribution in [0.5, 0.6) is 0 Å². The van der Waals surface area contributed by atoms with Gasteiger partial charge in [0.25, 0.3) is 0 Å². The Hall–Kier alpha value is -1.81. The SMILES string of the molecule is CC1=CCN(C(C)C(=O)Nc2cc(N)ccc2C)CC1. The van der Waals surface area contributed by atoms with Crippen molar-refractivity contribution in [3.05, 3.63) is 35.4 Å². The number of nitrogens with one attached hydrogen (secondary N) is 1. The Morgan fingerprint density at radius 1 is 1.40 bits per heavy atom. The van der Waals surface area contributed by atoms with Gasteiger partial charge >= 0.3 is 0 Å². The smallest absolute Gasteiger partial charge is 0.241 e. The molecule has 1 aromatic rings. The molecule has 4 nitrogen and oxygen atoms in total. The summed E-state index contributed by atoms with van der Waals surface area (Å²) in [4.78, 5) is 14.5. The van der Waals surface area contributed by atoms with Gasteiger partial charge in [-0.25, -0.2) is 0 Å². The Bertz CT molecular complexity index is 537. The topological polar surface area (TPSA) is 58.4 Å². The van der Waals surface area contributed by atoms with Crippen LogP contribution in [0.3, 0.4) is 0 Å². The van der Waals surface area contributed by atoms with Gasteiger partial charge in [-0.3, -0.25) is 9.69 Å². The second kappa shape index (κ2) is 6.09. The van der Waals surface area contributed by atoms with Crippen LogP contribution in [-0.4, -0.2) is 29.9 Å². The van der Waals surface area contributed by atoms with E-state index < -0.39 is 0 Å². The molecule has 0 bridgehead atoms. The Balaban J connectivity index is 2.02. The minimum atomic E-state index is -0.139. The minimum absolute atomic E-state index is 0.0200. The molecule has 1 amide bonds. The van der Waals surface area contributed by atoms with E-state index in [9.17, 15) is 4.79 Å². The Morgan fingerprint density at radius 2 is 2.15 bits per heavy atom. The van der Waals surface area contributed by atoms with E-state index in [1.165, 1.54) is 5.57 Å². The zero-order valence-corrected chi connectivity index (χ0v) is 12.4. The first kappa shape index (κ1) is 14.6. The summed E-state index contributed by atoms with van der Waals surface area (Å²) in [5.41, 5.74) is 9.65. The lowest BCUT2D eigenvalue weighted by molar-refractivity contribution is -0.120. The van der Waals surface area contributed by atoms with Gasteiger partial charge in [0.1, 0.15) is 0 Å². The second-order valence-corrected chi connectivity index (χ2v) is 5.53. The quantitative estimate of drug-likeness (QED) is 0.657. The van der Waals surface area contributed by atoms with Crippen molar-refractivity contribution in [3.63, 3.8) is 0 Å². The Kier molecular flexibility index (Phi) is 4.45. The van der Waals surface area contributed by atoms with Gasteiger partial charge in [0.2, 0.25) is 5.91 Å². The van der Waals surface area contributed by atoms with E-state index in [4.69, 9.17) is 5.73 Å². The molecule has 0 saturated carbocycles. The maximum absolute atomic E-state index is 12.3. The van der Waals surface area contributed by atoms with Crippen molar-refractivity contribution in [2.75, 3.05) is 24.1 Å². The van der Waals surface area contributed by atoms with Gasteiger partial charge in [-0.15, -0.1) is 0 Å². The van der Waals surface area contributed by atoms with Gasteiger partial charge in [-0.2, -0.15) is 0 Å². The van der Waals surface area contributed by atoms with E-state index >= 15 is 0 Å². The number of carbonyl (C=O) groups excluding carboxylic acids is 1. The maximum Gasteiger partial charge on any atom is 0.241 e. The summed E-state index contributed by atoms with van der Waals surface area (Å²) in [6.45, 7) is 7.83. The number of hydrogen-bond acceptors (Lipinski definition) is 3. The van der Waals surface area contributed by atoms with Crippen LogP contribution >= 0.6 is 0 Å². The van der Waals surface area contributed by atoms with E-state index in [0.29, 0.717) is 5.69 Å². The highest BCUT2D eigenvalue weighted by molar-refractivity contribution is 5.95. The summed E-state index contributed by atoms with van der Waals surface area (Å²) in [7, 11) is 0. The van der Waals surface area contributed by atoms with Crippen LogP contribution < -0.4 is 11.1 Å².